The smallest absolute Gasteiger partial charge is 0.224 e. The van der Waals surface area contributed by atoms with Crippen LogP contribution in [0.1, 0.15) is 49.9 Å². The van der Waals surface area contributed by atoms with Gasteiger partial charge in [-0.2, -0.15) is 10.2 Å². The largest absolute Gasteiger partial charge is 0.393 e. The lowest BCUT2D eigenvalue weighted by Gasteiger charge is -2.40. The second-order valence-corrected chi connectivity index (χ2v) is 8.18. The SMILES string of the molecule is Cc1ccc(CCNc2ncc(C#N)c(N[C@@H]3CC[C@H](O)C(C)(C)C3)n2)cn1. The van der Waals surface area contributed by atoms with Crippen molar-refractivity contribution in [3.63, 3.8) is 0 Å². The number of nitrogens with zero attached hydrogens (tertiary/aromatic N) is 4. The van der Waals surface area contributed by atoms with Gasteiger partial charge in [0.25, 0.3) is 0 Å². The number of aliphatic hydroxyl groups is 1. The highest BCUT2D eigenvalue weighted by Gasteiger charge is 2.35. The average molecular weight is 380 g/mol. The summed E-state index contributed by atoms with van der Waals surface area (Å²) in [6.45, 7) is 6.79. The first kappa shape index (κ1) is 20.0. The van der Waals surface area contributed by atoms with E-state index in [2.05, 4.69) is 51.6 Å². The number of anilines is 2. The average Bonchev–Trinajstić information content (AvgIpc) is 2.66. The van der Waals surface area contributed by atoms with Crippen molar-refractivity contribution >= 4 is 11.8 Å². The van der Waals surface area contributed by atoms with E-state index in [-0.39, 0.29) is 17.6 Å². The second kappa shape index (κ2) is 8.53. The van der Waals surface area contributed by atoms with E-state index in [0.717, 1.165) is 36.9 Å². The van der Waals surface area contributed by atoms with Crippen LogP contribution in [0.25, 0.3) is 0 Å². The fraction of sp³-hybridized carbons (Fsp3) is 0.524. The van der Waals surface area contributed by atoms with E-state index in [1.165, 1.54) is 0 Å². The molecule has 0 saturated heterocycles. The third-order valence-electron chi connectivity index (χ3n) is 5.38. The Kier molecular flexibility index (Phi) is 6.10. The fourth-order valence-electron chi connectivity index (χ4n) is 3.56. The van der Waals surface area contributed by atoms with Crippen LogP contribution in [0.3, 0.4) is 0 Å². The third kappa shape index (κ3) is 4.96. The molecule has 1 aliphatic carbocycles. The van der Waals surface area contributed by atoms with Crippen LogP contribution in [0, 0.1) is 23.7 Å². The van der Waals surface area contributed by atoms with E-state index < -0.39 is 0 Å². The minimum Gasteiger partial charge on any atom is -0.393 e. The molecule has 0 bridgehead atoms. The van der Waals surface area contributed by atoms with Gasteiger partial charge in [-0.15, -0.1) is 0 Å². The van der Waals surface area contributed by atoms with E-state index in [1.807, 2.05) is 19.2 Å². The molecule has 1 fully saturated rings. The molecule has 148 valence electrons. The van der Waals surface area contributed by atoms with E-state index in [0.29, 0.717) is 23.9 Å². The van der Waals surface area contributed by atoms with Crippen molar-refractivity contribution < 1.29 is 5.11 Å². The lowest BCUT2D eigenvalue weighted by molar-refractivity contribution is 0.00926. The second-order valence-electron chi connectivity index (χ2n) is 8.18. The van der Waals surface area contributed by atoms with Gasteiger partial charge in [0.05, 0.1) is 12.3 Å². The minimum absolute atomic E-state index is 0.154. The van der Waals surface area contributed by atoms with Crippen LogP contribution in [0.4, 0.5) is 11.8 Å². The Morgan fingerprint density at radius 2 is 2.07 bits per heavy atom. The number of nitriles is 1. The summed E-state index contributed by atoms with van der Waals surface area (Å²) >= 11 is 0. The first-order chi connectivity index (χ1) is 13.4. The van der Waals surface area contributed by atoms with Crippen molar-refractivity contribution in [2.45, 2.75) is 58.6 Å². The van der Waals surface area contributed by atoms with Crippen LogP contribution in [0.2, 0.25) is 0 Å². The van der Waals surface area contributed by atoms with Gasteiger partial charge >= 0.3 is 0 Å². The summed E-state index contributed by atoms with van der Waals surface area (Å²) in [6, 6.07) is 6.39. The Labute approximate surface area is 166 Å². The van der Waals surface area contributed by atoms with Crippen molar-refractivity contribution in [2.24, 2.45) is 5.41 Å². The van der Waals surface area contributed by atoms with Crippen LogP contribution in [-0.2, 0) is 6.42 Å². The highest BCUT2D eigenvalue weighted by molar-refractivity contribution is 5.54. The molecule has 3 N–H and O–H groups in total. The number of hydrogen-bond donors (Lipinski definition) is 3. The molecule has 3 rings (SSSR count). The zero-order valence-corrected chi connectivity index (χ0v) is 16.7. The molecular weight excluding hydrogens is 352 g/mol. The van der Waals surface area contributed by atoms with E-state index in [1.54, 1.807) is 6.20 Å². The van der Waals surface area contributed by atoms with Gasteiger partial charge in [0.15, 0.2) is 0 Å². The lowest BCUT2D eigenvalue weighted by Crippen LogP contribution is -2.41. The number of hydrogen-bond acceptors (Lipinski definition) is 7. The molecule has 0 amide bonds. The monoisotopic (exact) mass is 380 g/mol. The summed E-state index contributed by atoms with van der Waals surface area (Å²) in [7, 11) is 0. The number of pyridine rings is 1. The molecule has 0 unspecified atom stereocenters. The van der Waals surface area contributed by atoms with Gasteiger partial charge in [0.2, 0.25) is 5.95 Å². The third-order valence-corrected chi connectivity index (χ3v) is 5.38. The van der Waals surface area contributed by atoms with E-state index in [9.17, 15) is 10.4 Å². The molecule has 0 aromatic carbocycles. The molecule has 28 heavy (non-hydrogen) atoms. The van der Waals surface area contributed by atoms with E-state index >= 15 is 0 Å². The van der Waals surface area contributed by atoms with E-state index in [4.69, 9.17) is 0 Å². The number of nitrogens with one attached hydrogen (secondary N) is 2. The molecule has 0 radical (unpaired) electrons. The molecule has 2 atom stereocenters. The molecule has 7 nitrogen and oxygen atoms in total. The maximum Gasteiger partial charge on any atom is 0.224 e. The van der Waals surface area contributed by atoms with Crippen LogP contribution in [0.5, 0.6) is 0 Å². The molecular formula is C21H28N6O. The lowest BCUT2D eigenvalue weighted by atomic mass is 9.73. The fourth-order valence-corrected chi connectivity index (χ4v) is 3.56. The summed E-state index contributed by atoms with van der Waals surface area (Å²) in [5.74, 6) is 1.05. The molecule has 2 aromatic rings. The zero-order chi connectivity index (χ0) is 20.1. The topological polar surface area (TPSA) is 107 Å². The molecule has 7 heteroatoms. The molecule has 2 heterocycles. The highest BCUT2D eigenvalue weighted by atomic mass is 16.3. The Hall–Kier alpha value is -2.72. The first-order valence-corrected chi connectivity index (χ1v) is 9.74. The first-order valence-electron chi connectivity index (χ1n) is 9.74. The molecule has 1 saturated carbocycles. The number of aromatic nitrogens is 3. The van der Waals surface area contributed by atoms with Crippen LogP contribution < -0.4 is 10.6 Å². The quantitative estimate of drug-likeness (QED) is 0.707. The van der Waals surface area contributed by atoms with Crippen LogP contribution in [-0.4, -0.2) is 38.7 Å². The van der Waals surface area contributed by atoms with Crippen LogP contribution >= 0.6 is 0 Å². The molecule has 1 aliphatic rings. The Bertz CT molecular complexity index is 843. The molecule has 2 aromatic heterocycles. The van der Waals surface area contributed by atoms with Crippen molar-refractivity contribution in [2.75, 3.05) is 17.2 Å². The molecule has 0 spiro atoms. The number of aliphatic hydroxyl groups excluding tert-OH is 1. The van der Waals surface area contributed by atoms with Gasteiger partial charge in [0, 0.05) is 24.5 Å². The van der Waals surface area contributed by atoms with Gasteiger partial charge in [0.1, 0.15) is 17.5 Å². The Balaban J connectivity index is 1.63. The number of rotatable bonds is 6. The summed E-state index contributed by atoms with van der Waals surface area (Å²) in [5.41, 5.74) is 2.42. The van der Waals surface area contributed by atoms with Gasteiger partial charge in [-0.1, -0.05) is 19.9 Å². The standard InChI is InChI=1S/C21H28N6O/c1-14-4-5-15(12-24-14)8-9-23-20-25-13-16(11-22)19(27-20)26-17-6-7-18(28)21(2,3)10-17/h4-5,12-13,17-18,28H,6-10H2,1-3H3,(H2,23,25,26,27)/t17-,18+/m1/s1. The number of aryl methyl sites for hydroxylation is 1. The van der Waals surface area contributed by atoms with Gasteiger partial charge in [-0.25, -0.2) is 4.98 Å². The Morgan fingerprint density at radius 1 is 1.25 bits per heavy atom. The highest BCUT2D eigenvalue weighted by Crippen LogP contribution is 2.36. The summed E-state index contributed by atoms with van der Waals surface area (Å²) < 4.78 is 0. The van der Waals surface area contributed by atoms with Crippen molar-refractivity contribution in [3.05, 3.63) is 41.3 Å². The van der Waals surface area contributed by atoms with Crippen molar-refractivity contribution in [3.8, 4) is 6.07 Å². The zero-order valence-electron chi connectivity index (χ0n) is 16.7. The maximum atomic E-state index is 10.2. The maximum absolute atomic E-state index is 10.2. The summed E-state index contributed by atoms with van der Waals surface area (Å²) in [4.78, 5) is 13.1. The van der Waals surface area contributed by atoms with Gasteiger partial charge < -0.3 is 15.7 Å². The molecule has 0 aliphatic heterocycles. The summed E-state index contributed by atoms with van der Waals surface area (Å²) in [6.07, 6.45) is 6.37. The minimum atomic E-state index is -0.292. The normalized spacial score (nSPS) is 21.0. The Morgan fingerprint density at radius 3 is 2.75 bits per heavy atom. The summed E-state index contributed by atoms with van der Waals surface area (Å²) in [5, 5.41) is 26.2. The van der Waals surface area contributed by atoms with Gasteiger partial charge in [-0.3, -0.25) is 4.98 Å². The van der Waals surface area contributed by atoms with Gasteiger partial charge in [-0.05, 0) is 49.7 Å². The van der Waals surface area contributed by atoms with Crippen molar-refractivity contribution in [1.82, 2.24) is 15.0 Å². The van der Waals surface area contributed by atoms with Crippen LogP contribution in [0.15, 0.2) is 24.5 Å². The predicted octanol–water partition coefficient (Wildman–Crippen LogP) is 3.06. The van der Waals surface area contributed by atoms with Crippen molar-refractivity contribution in [1.29, 1.82) is 5.26 Å². The predicted molar refractivity (Wildman–Crippen MR) is 109 cm³/mol.